The molecule has 96 valence electrons. The van der Waals surface area contributed by atoms with Crippen molar-refractivity contribution in [3.8, 4) is 0 Å². The van der Waals surface area contributed by atoms with Crippen molar-refractivity contribution in [2.75, 3.05) is 0 Å². The van der Waals surface area contributed by atoms with Crippen molar-refractivity contribution in [1.29, 1.82) is 0 Å². The molecular weight excluding hydrogens is 234 g/mol. The Morgan fingerprint density at radius 3 is 2.33 bits per heavy atom. The van der Waals surface area contributed by atoms with E-state index < -0.39 is 18.0 Å². The number of hydrogen-bond acceptors (Lipinski definition) is 4. The molecule has 0 bridgehead atoms. The summed E-state index contributed by atoms with van der Waals surface area (Å²) in [6.45, 7) is 1.39. The number of ether oxygens (including phenoxy) is 1. The quantitative estimate of drug-likeness (QED) is 0.603. The lowest BCUT2D eigenvalue weighted by Gasteiger charge is -2.08. The molecule has 1 aromatic carbocycles. The fourth-order valence-electron chi connectivity index (χ4n) is 1.30. The van der Waals surface area contributed by atoms with Crippen LogP contribution in [-0.2, 0) is 14.3 Å². The van der Waals surface area contributed by atoms with Crippen LogP contribution < -0.4 is 5.73 Å². The van der Waals surface area contributed by atoms with Crippen molar-refractivity contribution in [2.24, 2.45) is 5.73 Å². The Morgan fingerprint density at radius 2 is 1.78 bits per heavy atom. The molecule has 0 aliphatic carbocycles. The van der Waals surface area contributed by atoms with Crippen LogP contribution in [0.3, 0.4) is 0 Å². The molecule has 0 aliphatic heterocycles. The fourth-order valence-corrected chi connectivity index (χ4v) is 1.30. The Bertz CT molecular complexity index is 442. The molecule has 1 rings (SSSR count). The highest BCUT2D eigenvalue weighted by atomic mass is 16.5. The van der Waals surface area contributed by atoms with Crippen LogP contribution in [0.4, 0.5) is 0 Å². The van der Waals surface area contributed by atoms with Gasteiger partial charge in [-0.2, -0.15) is 0 Å². The van der Waals surface area contributed by atoms with Gasteiger partial charge in [0, 0.05) is 12.0 Å². The summed E-state index contributed by atoms with van der Waals surface area (Å²) in [6, 6.07) is 8.67. The molecule has 0 aliphatic rings. The smallest absolute Gasteiger partial charge is 0.307 e. The van der Waals surface area contributed by atoms with Gasteiger partial charge in [0.15, 0.2) is 11.9 Å². The number of amides is 1. The monoisotopic (exact) mass is 249 g/mol. The van der Waals surface area contributed by atoms with Gasteiger partial charge in [0.25, 0.3) is 5.91 Å². The van der Waals surface area contributed by atoms with Gasteiger partial charge < -0.3 is 10.5 Å². The van der Waals surface area contributed by atoms with E-state index in [1.807, 2.05) is 0 Å². The van der Waals surface area contributed by atoms with E-state index in [1.165, 1.54) is 6.92 Å². The molecule has 1 aromatic rings. The molecule has 0 unspecified atom stereocenters. The van der Waals surface area contributed by atoms with Crippen LogP contribution in [0.2, 0.25) is 0 Å². The van der Waals surface area contributed by atoms with Gasteiger partial charge in [0.2, 0.25) is 0 Å². The molecule has 0 fully saturated rings. The van der Waals surface area contributed by atoms with Crippen LogP contribution >= 0.6 is 0 Å². The number of rotatable bonds is 6. The van der Waals surface area contributed by atoms with Crippen molar-refractivity contribution in [2.45, 2.75) is 25.9 Å². The average Bonchev–Trinajstić information content (AvgIpc) is 2.36. The standard InChI is InChI=1S/C13H15NO4/c1-9(13(14)17)18-12(16)8-7-11(15)10-5-3-2-4-6-10/h2-6,9H,7-8H2,1H3,(H2,14,17)/t9-/m0/s1. The Labute approximate surface area is 105 Å². The lowest BCUT2D eigenvalue weighted by atomic mass is 10.1. The van der Waals surface area contributed by atoms with E-state index in [0.29, 0.717) is 5.56 Å². The minimum Gasteiger partial charge on any atom is -0.453 e. The third-order valence-electron chi connectivity index (χ3n) is 2.36. The van der Waals surface area contributed by atoms with E-state index in [4.69, 9.17) is 10.5 Å². The molecule has 5 nitrogen and oxygen atoms in total. The number of carbonyl (C=O) groups excluding carboxylic acids is 3. The van der Waals surface area contributed by atoms with E-state index in [9.17, 15) is 14.4 Å². The average molecular weight is 249 g/mol. The molecule has 5 heteroatoms. The Morgan fingerprint density at radius 1 is 1.17 bits per heavy atom. The summed E-state index contributed by atoms with van der Waals surface area (Å²) in [5, 5.41) is 0. The largest absolute Gasteiger partial charge is 0.453 e. The van der Waals surface area contributed by atoms with Crippen LogP contribution in [0.15, 0.2) is 30.3 Å². The second-order valence-corrected chi connectivity index (χ2v) is 3.82. The number of nitrogens with two attached hydrogens (primary N) is 1. The van der Waals surface area contributed by atoms with E-state index in [2.05, 4.69) is 0 Å². The summed E-state index contributed by atoms with van der Waals surface area (Å²) in [6.07, 6.45) is -0.982. The van der Waals surface area contributed by atoms with Gasteiger partial charge in [-0.05, 0) is 6.92 Å². The van der Waals surface area contributed by atoms with Crippen LogP contribution in [0, 0.1) is 0 Å². The summed E-state index contributed by atoms with van der Waals surface area (Å²) in [7, 11) is 0. The Kier molecular flexibility index (Phi) is 5.05. The van der Waals surface area contributed by atoms with Gasteiger partial charge in [0.1, 0.15) is 0 Å². The molecule has 0 heterocycles. The van der Waals surface area contributed by atoms with Crippen LogP contribution in [0.5, 0.6) is 0 Å². The lowest BCUT2D eigenvalue weighted by molar-refractivity contribution is -0.153. The first kappa shape index (κ1) is 13.9. The topological polar surface area (TPSA) is 86.5 Å². The number of Topliss-reactive ketones (excluding diaryl/α,β-unsaturated/α-hetero) is 1. The van der Waals surface area contributed by atoms with Gasteiger partial charge >= 0.3 is 5.97 Å². The van der Waals surface area contributed by atoms with Gasteiger partial charge in [-0.15, -0.1) is 0 Å². The Hall–Kier alpha value is -2.17. The predicted octanol–water partition coefficient (Wildman–Crippen LogP) is 1.07. The Balaban J connectivity index is 2.40. The maximum Gasteiger partial charge on any atom is 0.307 e. The van der Waals surface area contributed by atoms with Crippen molar-refractivity contribution in [1.82, 2.24) is 0 Å². The summed E-state index contributed by atoms with van der Waals surface area (Å²) >= 11 is 0. The highest BCUT2D eigenvalue weighted by Gasteiger charge is 2.15. The van der Waals surface area contributed by atoms with E-state index in [1.54, 1.807) is 30.3 Å². The molecule has 2 N–H and O–H groups in total. The summed E-state index contributed by atoms with van der Waals surface area (Å²) in [4.78, 5) is 33.7. The van der Waals surface area contributed by atoms with E-state index in [-0.39, 0.29) is 18.6 Å². The summed E-state index contributed by atoms with van der Waals surface area (Å²) in [5.41, 5.74) is 5.50. The zero-order valence-corrected chi connectivity index (χ0v) is 10.1. The van der Waals surface area contributed by atoms with Gasteiger partial charge in [-0.1, -0.05) is 30.3 Å². The van der Waals surface area contributed by atoms with Crippen molar-refractivity contribution >= 4 is 17.7 Å². The van der Waals surface area contributed by atoms with Crippen LogP contribution in [0.1, 0.15) is 30.1 Å². The maximum atomic E-state index is 11.7. The fraction of sp³-hybridized carbons (Fsp3) is 0.308. The number of benzene rings is 1. The number of hydrogen-bond donors (Lipinski definition) is 1. The molecular formula is C13H15NO4. The third kappa shape index (κ3) is 4.37. The SMILES string of the molecule is C[C@H](OC(=O)CCC(=O)c1ccccc1)C(N)=O. The van der Waals surface area contributed by atoms with Gasteiger partial charge in [-0.25, -0.2) is 0 Å². The number of primary amides is 1. The van der Waals surface area contributed by atoms with Crippen molar-refractivity contribution in [3.05, 3.63) is 35.9 Å². The maximum absolute atomic E-state index is 11.7. The van der Waals surface area contributed by atoms with E-state index >= 15 is 0 Å². The van der Waals surface area contributed by atoms with Gasteiger partial charge in [0.05, 0.1) is 6.42 Å². The first-order valence-corrected chi connectivity index (χ1v) is 5.57. The zero-order chi connectivity index (χ0) is 13.5. The molecule has 0 spiro atoms. The molecule has 18 heavy (non-hydrogen) atoms. The van der Waals surface area contributed by atoms with E-state index in [0.717, 1.165) is 0 Å². The van der Waals surface area contributed by atoms with Gasteiger partial charge in [-0.3, -0.25) is 14.4 Å². The molecule has 0 aromatic heterocycles. The number of carbonyl (C=O) groups is 3. The normalized spacial score (nSPS) is 11.6. The zero-order valence-electron chi connectivity index (χ0n) is 10.1. The summed E-state index contributed by atoms with van der Waals surface area (Å²) < 4.78 is 4.73. The lowest BCUT2D eigenvalue weighted by Crippen LogP contribution is -2.30. The highest BCUT2D eigenvalue weighted by molar-refractivity contribution is 5.97. The van der Waals surface area contributed by atoms with Crippen molar-refractivity contribution < 1.29 is 19.1 Å². The minimum absolute atomic E-state index is 0.0499. The predicted molar refractivity (Wildman–Crippen MR) is 64.8 cm³/mol. The number of esters is 1. The molecule has 0 saturated carbocycles. The molecule has 1 amide bonds. The molecule has 1 atom stereocenters. The molecule has 0 saturated heterocycles. The van der Waals surface area contributed by atoms with Crippen LogP contribution in [-0.4, -0.2) is 23.8 Å². The third-order valence-corrected chi connectivity index (χ3v) is 2.36. The minimum atomic E-state index is -0.968. The van der Waals surface area contributed by atoms with Crippen LogP contribution in [0.25, 0.3) is 0 Å². The number of ketones is 1. The highest BCUT2D eigenvalue weighted by Crippen LogP contribution is 2.06. The first-order valence-electron chi connectivity index (χ1n) is 5.57. The second-order valence-electron chi connectivity index (χ2n) is 3.82. The summed E-state index contributed by atoms with van der Waals surface area (Å²) in [5.74, 6) is -1.46. The van der Waals surface area contributed by atoms with Crippen molar-refractivity contribution in [3.63, 3.8) is 0 Å². The first-order chi connectivity index (χ1) is 8.50. The molecule has 0 radical (unpaired) electrons. The second kappa shape index (κ2) is 6.54.